The highest BCUT2D eigenvalue weighted by molar-refractivity contribution is 5.82. The van der Waals surface area contributed by atoms with Crippen molar-refractivity contribution in [2.24, 2.45) is 5.73 Å². The van der Waals surface area contributed by atoms with Crippen LogP contribution in [-0.2, 0) is 10.2 Å². The van der Waals surface area contributed by atoms with Gasteiger partial charge in [0.15, 0.2) is 0 Å². The topological polar surface area (TPSA) is 55.1 Å². The van der Waals surface area contributed by atoms with Gasteiger partial charge in [-0.3, -0.25) is 4.79 Å². The van der Waals surface area contributed by atoms with Crippen LogP contribution >= 0.6 is 0 Å². The lowest BCUT2D eigenvalue weighted by atomic mass is 9.75. The second-order valence-corrected chi connectivity index (χ2v) is 4.66. The van der Waals surface area contributed by atoms with Gasteiger partial charge in [0.2, 0.25) is 5.91 Å². The molecule has 1 amide bonds. The fourth-order valence-corrected chi connectivity index (χ4v) is 2.31. The number of carbonyl (C=O) groups is 1. The van der Waals surface area contributed by atoms with E-state index in [0.717, 1.165) is 5.56 Å². The first-order valence-electron chi connectivity index (χ1n) is 5.44. The zero-order valence-electron chi connectivity index (χ0n) is 10.4. The molecule has 3 N–H and O–H groups in total. The zero-order valence-corrected chi connectivity index (χ0v) is 10.4. The molecule has 1 aromatic rings. The molecule has 1 rings (SSSR count). The molecule has 0 spiro atoms. The summed E-state index contributed by atoms with van der Waals surface area (Å²) >= 11 is 0. The Morgan fingerprint density at radius 1 is 1.38 bits per heavy atom. The first-order chi connectivity index (χ1) is 7.41. The summed E-state index contributed by atoms with van der Waals surface area (Å²) < 4.78 is 0. The van der Waals surface area contributed by atoms with Crippen molar-refractivity contribution in [1.29, 1.82) is 0 Å². The van der Waals surface area contributed by atoms with Gasteiger partial charge < -0.3 is 11.1 Å². The highest BCUT2D eigenvalue weighted by Crippen LogP contribution is 2.29. The third kappa shape index (κ3) is 2.25. The summed E-state index contributed by atoms with van der Waals surface area (Å²) in [6, 6.07) is 7.70. The van der Waals surface area contributed by atoms with E-state index in [0.29, 0.717) is 0 Å². The Balaban J connectivity index is 3.19. The van der Waals surface area contributed by atoms with Crippen molar-refractivity contribution in [3.05, 3.63) is 35.4 Å². The first kappa shape index (κ1) is 12.7. The molecule has 1 unspecified atom stereocenters. The molecule has 0 saturated carbocycles. The lowest BCUT2D eigenvalue weighted by Crippen LogP contribution is -2.52. The molecule has 0 aliphatic carbocycles. The second-order valence-electron chi connectivity index (χ2n) is 4.66. The molecule has 0 aliphatic heterocycles. The van der Waals surface area contributed by atoms with E-state index in [9.17, 15) is 4.79 Å². The van der Waals surface area contributed by atoms with E-state index in [4.69, 9.17) is 5.73 Å². The van der Waals surface area contributed by atoms with Crippen molar-refractivity contribution in [2.45, 2.75) is 32.2 Å². The Bertz CT molecular complexity index is 385. The van der Waals surface area contributed by atoms with Crippen molar-refractivity contribution in [2.75, 3.05) is 7.05 Å². The highest BCUT2D eigenvalue weighted by Gasteiger charge is 2.34. The summed E-state index contributed by atoms with van der Waals surface area (Å²) in [5, 5.41) is 2.99. The maximum atomic E-state index is 11.4. The van der Waals surface area contributed by atoms with Gasteiger partial charge in [0.25, 0.3) is 0 Å². The van der Waals surface area contributed by atoms with Crippen molar-refractivity contribution in [3.8, 4) is 0 Å². The fraction of sp³-hybridized carbons (Fsp3) is 0.462. The number of benzene rings is 1. The Morgan fingerprint density at radius 3 is 2.38 bits per heavy atom. The largest absolute Gasteiger partial charge is 0.368 e. The van der Waals surface area contributed by atoms with Crippen LogP contribution in [0.3, 0.4) is 0 Å². The molecular weight excluding hydrogens is 200 g/mol. The monoisotopic (exact) mass is 220 g/mol. The van der Waals surface area contributed by atoms with E-state index in [-0.39, 0.29) is 17.4 Å². The predicted octanol–water partition coefficient (Wildman–Crippen LogP) is 1.35. The molecule has 3 nitrogen and oxygen atoms in total. The summed E-state index contributed by atoms with van der Waals surface area (Å²) in [5.74, 6) is -0.323. The number of aryl methyl sites for hydroxylation is 1. The van der Waals surface area contributed by atoms with Crippen LogP contribution in [0, 0.1) is 6.92 Å². The molecule has 16 heavy (non-hydrogen) atoms. The quantitative estimate of drug-likeness (QED) is 0.804. The summed E-state index contributed by atoms with van der Waals surface area (Å²) in [7, 11) is 1.76. The Morgan fingerprint density at radius 2 is 1.94 bits per heavy atom. The molecule has 1 atom stereocenters. The van der Waals surface area contributed by atoms with Crippen molar-refractivity contribution >= 4 is 5.91 Å². The maximum absolute atomic E-state index is 11.4. The number of nitrogens with two attached hydrogens (primary N) is 1. The van der Waals surface area contributed by atoms with Crippen LogP contribution in [0.5, 0.6) is 0 Å². The maximum Gasteiger partial charge on any atom is 0.235 e. The minimum atomic E-state index is -0.367. The van der Waals surface area contributed by atoms with Crippen LogP contribution < -0.4 is 11.1 Å². The molecule has 0 saturated heterocycles. The Hall–Kier alpha value is -1.35. The van der Waals surface area contributed by atoms with Gasteiger partial charge in [-0.15, -0.1) is 0 Å². The summed E-state index contributed by atoms with van der Waals surface area (Å²) in [4.78, 5) is 11.4. The summed E-state index contributed by atoms with van der Waals surface area (Å²) in [6.45, 7) is 6.10. The number of primary amides is 1. The van der Waals surface area contributed by atoms with Crippen LogP contribution in [0.15, 0.2) is 24.3 Å². The van der Waals surface area contributed by atoms with E-state index < -0.39 is 0 Å². The number of nitrogens with one attached hydrogen (secondary N) is 1. The van der Waals surface area contributed by atoms with E-state index in [2.05, 4.69) is 5.32 Å². The Labute approximate surface area is 97.0 Å². The third-order valence-corrected chi connectivity index (χ3v) is 3.13. The highest BCUT2D eigenvalue weighted by atomic mass is 16.1. The van der Waals surface area contributed by atoms with Crippen molar-refractivity contribution in [3.63, 3.8) is 0 Å². The molecular formula is C13H20N2O. The third-order valence-electron chi connectivity index (χ3n) is 3.13. The van der Waals surface area contributed by atoms with Crippen LogP contribution in [0.4, 0.5) is 0 Å². The molecule has 0 aliphatic rings. The zero-order chi connectivity index (χ0) is 12.3. The normalized spacial score (nSPS) is 13.5. The Kier molecular flexibility index (Phi) is 3.70. The van der Waals surface area contributed by atoms with Crippen molar-refractivity contribution in [1.82, 2.24) is 5.32 Å². The molecule has 0 heterocycles. The molecule has 0 bridgehead atoms. The van der Waals surface area contributed by atoms with Crippen molar-refractivity contribution < 1.29 is 4.79 Å². The molecule has 1 aromatic carbocycles. The average Bonchev–Trinajstić information content (AvgIpc) is 2.17. The van der Waals surface area contributed by atoms with Gasteiger partial charge in [-0.2, -0.15) is 0 Å². The molecule has 3 heteroatoms. The number of amides is 1. The smallest absolute Gasteiger partial charge is 0.235 e. The van der Waals surface area contributed by atoms with E-state index >= 15 is 0 Å². The second kappa shape index (κ2) is 4.66. The van der Waals surface area contributed by atoms with Gasteiger partial charge in [0, 0.05) is 5.41 Å². The predicted molar refractivity (Wildman–Crippen MR) is 66.2 cm³/mol. The van der Waals surface area contributed by atoms with E-state index in [1.807, 2.05) is 45.0 Å². The number of rotatable bonds is 4. The summed E-state index contributed by atoms with van der Waals surface area (Å²) in [5.41, 5.74) is 7.43. The van der Waals surface area contributed by atoms with Gasteiger partial charge in [-0.05, 0) is 25.1 Å². The standard InChI is InChI=1S/C13H20N2O/c1-9-7-5-6-8-10(9)13(2,3)11(15-4)12(14)16/h5-8,11,15H,1-4H3,(H2,14,16). The van der Waals surface area contributed by atoms with Gasteiger partial charge >= 0.3 is 0 Å². The first-order valence-corrected chi connectivity index (χ1v) is 5.44. The van der Waals surface area contributed by atoms with Crippen LogP contribution in [0.1, 0.15) is 25.0 Å². The summed E-state index contributed by atoms with van der Waals surface area (Å²) in [6.07, 6.45) is 0. The number of likely N-dealkylation sites (N-methyl/N-ethyl adjacent to an activating group) is 1. The molecule has 0 aromatic heterocycles. The average molecular weight is 220 g/mol. The lowest BCUT2D eigenvalue weighted by Gasteiger charge is -2.33. The van der Waals surface area contributed by atoms with Crippen LogP contribution in [-0.4, -0.2) is 19.0 Å². The lowest BCUT2D eigenvalue weighted by molar-refractivity contribution is -0.121. The minimum absolute atomic E-state index is 0.314. The van der Waals surface area contributed by atoms with Gasteiger partial charge in [0.05, 0.1) is 6.04 Å². The van der Waals surface area contributed by atoms with E-state index in [1.54, 1.807) is 7.05 Å². The van der Waals surface area contributed by atoms with Crippen LogP contribution in [0.25, 0.3) is 0 Å². The van der Waals surface area contributed by atoms with Gasteiger partial charge in [-0.1, -0.05) is 38.1 Å². The van der Waals surface area contributed by atoms with Crippen LogP contribution in [0.2, 0.25) is 0 Å². The SMILES string of the molecule is CNC(C(N)=O)C(C)(C)c1ccccc1C. The number of hydrogen-bond donors (Lipinski definition) is 2. The van der Waals surface area contributed by atoms with E-state index in [1.165, 1.54) is 5.56 Å². The number of carbonyl (C=O) groups excluding carboxylic acids is 1. The molecule has 0 fully saturated rings. The molecule has 0 radical (unpaired) electrons. The minimum Gasteiger partial charge on any atom is -0.368 e. The molecule has 88 valence electrons. The number of hydrogen-bond acceptors (Lipinski definition) is 2. The van der Waals surface area contributed by atoms with Gasteiger partial charge in [-0.25, -0.2) is 0 Å². The fourth-order valence-electron chi connectivity index (χ4n) is 2.31. The van der Waals surface area contributed by atoms with Gasteiger partial charge in [0.1, 0.15) is 0 Å².